The van der Waals surface area contributed by atoms with Gasteiger partial charge < -0.3 is 0 Å². The summed E-state index contributed by atoms with van der Waals surface area (Å²) in [6.07, 6.45) is 10.4. The largest absolute Gasteiger partial charge is 0.248 e. The molecule has 1 aliphatic rings. The van der Waals surface area contributed by atoms with Crippen LogP contribution in [-0.2, 0) is 9.83 Å². The topological polar surface area (TPSA) is 17.1 Å². The van der Waals surface area contributed by atoms with Crippen LogP contribution in [0.5, 0.6) is 0 Å². The van der Waals surface area contributed by atoms with Crippen LogP contribution in [0.1, 0.15) is 58.3 Å². The number of unbranched alkanes of at least 4 members (excludes halogenated alkanes) is 3. The smallest absolute Gasteiger partial charge is 0.0806 e. The van der Waals surface area contributed by atoms with Crippen molar-refractivity contribution in [3.05, 3.63) is 0 Å². The van der Waals surface area contributed by atoms with Crippen LogP contribution in [0.25, 0.3) is 0 Å². The van der Waals surface area contributed by atoms with E-state index in [9.17, 15) is 4.21 Å². The van der Waals surface area contributed by atoms with Crippen LogP contribution < -0.4 is 0 Å². The Hall–Kier alpha value is 0.500. The molecule has 0 N–H and O–H groups in total. The average Bonchev–Trinajstić information content (AvgIpc) is 2.38. The van der Waals surface area contributed by atoms with Gasteiger partial charge in [0.25, 0.3) is 0 Å². The Morgan fingerprint density at radius 2 is 2.14 bits per heavy atom. The summed E-state index contributed by atoms with van der Waals surface area (Å²) in [4.78, 5) is 0. The Kier molecular flexibility index (Phi) is 6.96. The van der Waals surface area contributed by atoms with E-state index in [1.165, 1.54) is 51.4 Å². The van der Waals surface area contributed by atoms with Crippen molar-refractivity contribution in [2.75, 3.05) is 5.75 Å². The minimum atomic E-state index is -0.578. The zero-order chi connectivity index (χ0) is 10.2. The molecule has 0 aromatic carbocycles. The number of hydrogen-bond donors (Lipinski definition) is 0. The van der Waals surface area contributed by atoms with Gasteiger partial charge in [0.1, 0.15) is 0 Å². The Balaban J connectivity index is 2.12. The van der Waals surface area contributed by atoms with E-state index in [2.05, 4.69) is 6.92 Å². The van der Waals surface area contributed by atoms with Crippen molar-refractivity contribution in [2.24, 2.45) is 0 Å². The van der Waals surface area contributed by atoms with Crippen molar-refractivity contribution >= 4 is 20.6 Å². The summed E-state index contributed by atoms with van der Waals surface area (Å²) < 4.78 is 11.5. The molecular weight excluding hydrogens is 212 g/mol. The van der Waals surface area contributed by atoms with Crippen molar-refractivity contribution in [1.29, 1.82) is 0 Å². The molecule has 1 nitrogen and oxygen atoms in total. The molecule has 0 radical (unpaired) electrons. The summed E-state index contributed by atoms with van der Waals surface area (Å²) in [7, 11) is 1.16. The molecule has 0 aromatic rings. The summed E-state index contributed by atoms with van der Waals surface area (Å²) in [6.45, 7) is 2.25. The van der Waals surface area contributed by atoms with Crippen molar-refractivity contribution in [2.45, 2.75) is 63.5 Å². The minimum absolute atomic E-state index is 0.578. The van der Waals surface area contributed by atoms with Gasteiger partial charge in [-0.3, -0.25) is 0 Å². The van der Waals surface area contributed by atoms with Gasteiger partial charge in [0, 0.05) is 11.0 Å². The average molecular weight is 234 g/mol. The maximum atomic E-state index is 11.5. The van der Waals surface area contributed by atoms with Crippen LogP contribution in [-0.4, -0.2) is 15.2 Å². The van der Waals surface area contributed by atoms with Gasteiger partial charge in [0.2, 0.25) is 0 Å². The van der Waals surface area contributed by atoms with E-state index < -0.39 is 9.83 Å². The van der Waals surface area contributed by atoms with Crippen molar-refractivity contribution in [3.8, 4) is 0 Å². The molecule has 0 amide bonds. The normalized spacial score (nSPS) is 28.6. The van der Waals surface area contributed by atoms with E-state index in [4.69, 9.17) is 0 Å². The second kappa shape index (κ2) is 7.75. The molecule has 0 aromatic heterocycles. The molecule has 1 saturated heterocycles. The second-order valence-corrected chi connectivity index (χ2v) is 7.64. The molecule has 0 aliphatic carbocycles. The van der Waals surface area contributed by atoms with Crippen LogP contribution in [0.4, 0.5) is 0 Å². The molecule has 84 valence electrons. The van der Waals surface area contributed by atoms with E-state index in [0.29, 0.717) is 5.25 Å². The van der Waals surface area contributed by atoms with Crippen molar-refractivity contribution in [3.63, 3.8) is 0 Å². The van der Waals surface area contributed by atoms with Gasteiger partial charge in [0.15, 0.2) is 0 Å². The fourth-order valence-electron chi connectivity index (χ4n) is 1.83. The highest BCUT2D eigenvalue weighted by molar-refractivity contribution is 8.69. The molecule has 1 fully saturated rings. The molecule has 1 aliphatic heterocycles. The van der Waals surface area contributed by atoms with Crippen LogP contribution in [0.15, 0.2) is 0 Å². The Labute approximate surface area is 94.3 Å². The van der Waals surface area contributed by atoms with E-state index >= 15 is 0 Å². The van der Waals surface area contributed by atoms with Crippen molar-refractivity contribution in [1.82, 2.24) is 0 Å². The first-order valence-electron chi connectivity index (χ1n) is 5.88. The SMILES string of the molecule is CCCCCCC1CCCCS(=O)S1. The monoisotopic (exact) mass is 234 g/mol. The highest BCUT2D eigenvalue weighted by Gasteiger charge is 2.16. The lowest BCUT2D eigenvalue weighted by Crippen LogP contribution is -2.02. The molecule has 14 heavy (non-hydrogen) atoms. The standard InChI is InChI=1S/C11H22OS2/c1-2-3-4-5-8-11-9-6-7-10-14(12)13-11/h11H,2-10H2,1H3. The van der Waals surface area contributed by atoms with Gasteiger partial charge in [-0.05, 0) is 19.3 Å². The van der Waals surface area contributed by atoms with E-state index in [1.807, 2.05) is 0 Å². The van der Waals surface area contributed by atoms with Gasteiger partial charge >= 0.3 is 0 Å². The molecule has 1 heterocycles. The maximum absolute atomic E-state index is 11.5. The van der Waals surface area contributed by atoms with Gasteiger partial charge in [0.05, 0.1) is 9.83 Å². The highest BCUT2D eigenvalue weighted by Crippen LogP contribution is 2.29. The lowest BCUT2D eigenvalue weighted by Gasteiger charge is -2.11. The van der Waals surface area contributed by atoms with E-state index in [-0.39, 0.29) is 0 Å². The predicted octanol–water partition coefficient (Wildman–Crippen LogP) is 3.91. The third-order valence-electron chi connectivity index (χ3n) is 2.71. The molecule has 1 rings (SSSR count). The maximum Gasteiger partial charge on any atom is 0.0806 e. The van der Waals surface area contributed by atoms with Crippen LogP contribution >= 0.6 is 10.8 Å². The Morgan fingerprint density at radius 3 is 2.93 bits per heavy atom. The summed E-state index contributed by atoms with van der Waals surface area (Å²) >= 11 is 0. The zero-order valence-corrected chi connectivity index (χ0v) is 10.8. The molecule has 2 unspecified atom stereocenters. The summed E-state index contributed by atoms with van der Waals surface area (Å²) in [6, 6.07) is 0. The first kappa shape index (κ1) is 12.6. The first-order chi connectivity index (χ1) is 6.83. The third-order valence-corrected chi connectivity index (χ3v) is 6.25. The van der Waals surface area contributed by atoms with Crippen LogP contribution in [0, 0.1) is 0 Å². The van der Waals surface area contributed by atoms with E-state index in [1.54, 1.807) is 10.8 Å². The van der Waals surface area contributed by atoms with Crippen molar-refractivity contribution < 1.29 is 4.21 Å². The van der Waals surface area contributed by atoms with Crippen LogP contribution in [0.2, 0.25) is 0 Å². The van der Waals surface area contributed by atoms with Gasteiger partial charge in [-0.15, -0.1) is 0 Å². The van der Waals surface area contributed by atoms with Gasteiger partial charge in [-0.25, -0.2) is 4.21 Å². The fourth-order valence-corrected chi connectivity index (χ4v) is 5.33. The van der Waals surface area contributed by atoms with Gasteiger partial charge in [-0.1, -0.05) is 49.8 Å². The molecular formula is C11H22OS2. The predicted molar refractivity (Wildman–Crippen MR) is 67.0 cm³/mol. The second-order valence-electron chi connectivity index (χ2n) is 4.07. The number of hydrogen-bond acceptors (Lipinski definition) is 2. The molecule has 0 spiro atoms. The molecule has 0 saturated carbocycles. The summed E-state index contributed by atoms with van der Waals surface area (Å²) in [5.41, 5.74) is 0. The Bertz CT molecular complexity index is 171. The zero-order valence-electron chi connectivity index (χ0n) is 9.17. The number of rotatable bonds is 5. The molecule has 3 heteroatoms. The molecule has 0 bridgehead atoms. The lowest BCUT2D eigenvalue weighted by molar-refractivity contribution is 0.587. The quantitative estimate of drug-likeness (QED) is 0.530. The highest BCUT2D eigenvalue weighted by atomic mass is 33.1. The van der Waals surface area contributed by atoms with E-state index in [0.717, 1.165) is 5.75 Å². The molecule has 2 atom stereocenters. The first-order valence-corrected chi connectivity index (χ1v) is 8.60. The van der Waals surface area contributed by atoms with Gasteiger partial charge in [-0.2, -0.15) is 0 Å². The Morgan fingerprint density at radius 1 is 1.29 bits per heavy atom. The third kappa shape index (κ3) is 5.40. The lowest BCUT2D eigenvalue weighted by atomic mass is 10.1. The fraction of sp³-hybridized carbons (Fsp3) is 1.00. The summed E-state index contributed by atoms with van der Waals surface area (Å²) in [5, 5.41) is 0.690. The van der Waals surface area contributed by atoms with Crippen LogP contribution in [0.3, 0.4) is 0 Å². The minimum Gasteiger partial charge on any atom is -0.248 e. The summed E-state index contributed by atoms with van der Waals surface area (Å²) in [5.74, 6) is 0.927.